The van der Waals surface area contributed by atoms with Gasteiger partial charge in [0.15, 0.2) is 0 Å². The summed E-state index contributed by atoms with van der Waals surface area (Å²) in [6.07, 6.45) is 2.70. The summed E-state index contributed by atoms with van der Waals surface area (Å²) in [6, 6.07) is 5.35. The molecule has 0 atom stereocenters. The first kappa shape index (κ1) is 16.3. The van der Waals surface area contributed by atoms with Gasteiger partial charge in [0.2, 0.25) is 0 Å². The van der Waals surface area contributed by atoms with Gasteiger partial charge in [0, 0.05) is 28.3 Å². The largest absolute Gasteiger partial charge is 0.497 e. The Morgan fingerprint density at radius 3 is 3.10 bits per heavy atom. The fourth-order valence-corrected chi connectivity index (χ4v) is 3.69. The molecule has 4 nitrogen and oxygen atoms in total. The SMILES string of the molecule is COc1ccc(Br)c(C(=O)NCCCSc2nccs2)c1. The molecule has 7 heteroatoms. The second-order valence-electron chi connectivity index (χ2n) is 4.10. The van der Waals surface area contributed by atoms with Crippen molar-refractivity contribution >= 4 is 44.9 Å². The van der Waals surface area contributed by atoms with E-state index in [1.165, 1.54) is 0 Å². The molecule has 1 aromatic heterocycles. The predicted molar refractivity (Wildman–Crippen MR) is 90.5 cm³/mol. The number of rotatable bonds is 7. The van der Waals surface area contributed by atoms with Crippen molar-refractivity contribution < 1.29 is 9.53 Å². The number of thioether (sulfide) groups is 1. The van der Waals surface area contributed by atoms with Crippen molar-refractivity contribution in [3.05, 3.63) is 39.8 Å². The quantitative estimate of drug-likeness (QED) is 0.580. The normalized spacial score (nSPS) is 10.4. The lowest BCUT2D eigenvalue weighted by Crippen LogP contribution is -2.25. The maximum atomic E-state index is 12.1. The molecule has 0 bridgehead atoms. The van der Waals surface area contributed by atoms with Gasteiger partial charge in [-0.15, -0.1) is 11.3 Å². The molecule has 21 heavy (non-hydrogen) atoms. The van der Waals surface area contributed by atoms with E-state index in [1.807, 2.05) is 17.5 Å². The van der Waals surface area contributed by atoms with Gasteiger partial charge in [-0.05, 0) is 40.5 Å². The number of hydrogen-bond acceptors (Lipinski definition) is 5. The Hall–Kier alpha value is -1.05. The number of nitrogens with one attached hydrogen (secondary N) is 1. The van der Waals surface area contributed by atoms with Crippen LogP contribution in [0.5, 0.6) is 5.75 Å². The maximum Gasteiger partial charge on any atom is 0.252 e. The van der Waals surface area contributed by atoms with Crippen LogP contribution in [0.3, 0.4) is 0 Å². The highest BCUT2D eigenvalue weighted by molar-refractivity contribution is 9.10. The van der Waals surface area contributed by atoms with Crippen molar-refractivity contribution in [2.45, 2.75) is 10.8 Å². The summed E-state index contributed by atoms with van der Waals surface area (Å²) in [4.78, 5) is 16.3. The fourth-order valence-electron chi connectivity index (χ4n) is 1.62. The lowest BCUT2D eigenvalue weighted by atomic mass is 10.2. The summed E-state index contributed by atoms with van der Waals surface area (Å²) in [5, 5.41) is 4.88. The number of thiazole rings is 1. The molecule has 0 saturated heterocycles. The Labute approximate surface area is 140 Å². The second kappa shape index (κ2) is 8.41. The number of carbonyl (C=O) groups excluding carboxylic acids is 1. The molecule has 112 valence electrons. The number of hydrogen-bond donors (Lipinski definition) is 1. The van der Waals surface area contributed by atoms with Crippen LogP contribution in [0.25, 0.3) is 0 Å². The fraction of sp³-hybridized carbons (Fsp3) is 0.286. The average molecular weight is 387 g/mol. The first-order chi connectivity index (χ1) is 10.2. The first-order valence-electron chi connectivity index (χ1n) is 6.34. The molecule has 1 aromatic carbocycles. The molecule has 1 amide bonds. The highest BCUT2D eigenvalue weighted by Crippen LogP contribution is 2.23. The van der Waals surface area contributed by atoms with E-state index in [0.29, 0.717) is 17.9 Å². The van der Waals surface area contributed by atoms with Crippen LogP contribution in [0.4, 0.5) is 0 Å². The van der Waals surface area contributed by atoms with Crippen molar-refractivity contribution in [1.29, 1.82) is 0 Å². The first-order valence-corrected chi connectivity index (χ1v) is 9.00. The summed E-state index contributed by atoms with van der Waals surface area (Å²) >= 11 is 6.73. The monoisotopic (exact) mass is 386 g/mol. The summed E-state index contributed by atoms with van der Waals surface area (Å²) in [6.45, 7) is 0.640. The van der Waals surface area contributed by atoms with E-state index in [0.717, 1.165) is 21.0 Å². The van der Waals surface area contributed by atoms with Crippen molar-refractivity contribution in [3.8, 4) is 5.75 Å². The Morgan fingerprint density at radius 2 is 2.38 bits per heavy atom. The molecule has 1 heterocycles. The van der Waals surface area contributed by atoms with Gasteiger partial charge in [-0.3, -0.25) is 4.79 Å². The summed E-state index contributed by atoms with van der Waals surface area (Å²) in [5.74, 6) is 1.51. The third-order valence-corrected chi connectivity index (χ3v) is 5.40. The zero-order valence-electron chi connectivity index (χ0n) is 11.5. The Morgan fingerprint density at radius 1 is 1.52 bits per heavy atom. The number of amides is 1. The van der Waals surface area contributed by atoms with Crippen LogP contribution < -0.4 is 10.1 Å². The van der Waals surface area contributed by atoms with E-state index in [9.17, 15) is 4.79 Å². The molecular weight excluding hydrogens is 372 g/mol. The molecule has 2 rings (SSSR count). The van der Waals surface area contributed by atoms with E-state index in [2.05, 4.69) is 26.2 Å². The molecule has 0 radical (unpaired) electrons. The lowest BCUT2D eigenvalue weighted by molar-refractivity contribution is 0.0952. The van der Waals surface area contributed by atoms with Gasteiger partial charge in [0.25, 0.3) is 5.91 Å². The summed E-state index contributed by atoms with van der Waals surface area (Å²) in [7, 11) is 1.58. The van der Waals surface area contributed by atoms with E-state index < -0.39 is 0 Å². The van der Waals surface area contributed by atoms with Crippen LogP contribution in [-0.4, -0.2) is 30.3 Å². The molecule has 0 aliphatic heterocycles. The minimum absolute atomic E-state index is 0.0972. The summed E-state index contributed by atoms with van der Waals surface area (Å²) in [5.41, 5.74) is 0.585. The van der Waals surface area contributed by atoms with E-state index in [4.69, 9.17) is 4.74 Å². The van der Waals surface area contributed by atoms with Crippen LogP contribution >= 0.6 is 39.0 Å². The van der Waals surface area contributed by atoms with Gasteiger partial charge < -0.3 is 10.1 Å². The van der Waals surface area contributed by atoms with Crippen LogP contribution in [0.15, 0.2) is 38.6 Å². The molecule has 0 saturated carbocycles. The molecule has 2 aromatic rings. The molecular formula is C14H15BrN2O2S2. The zero-order valence-corrected chi connectivity index (χ0v) is 14.7. The Balaban J connectivity index is 1.76. The van der Waals surface area contributed by atoms with E-state index >= 15 is 0 Å². The second-order valence-corrected chi connectivity index (χ2v) is 7.19. The van der Waals surface area contributed by atoms with Crippen LogP contribution in [0.2, 0.25) is 0 Å². The summed E-state index contributed by atoms with van der Waals surface area (Å²) < 4.78 is 6.96. The van der Waals surface area contributed by atoms with E-state index in [1.54, 1.807) is 42.5 Å². The number of benzene rings is 1. The molecule has 1 N–H and O–H groups in total. The zero-order chi connectivity index (χ0) is 15.1. The van der Waals surface area contributed by atoms with Gasteiger partial charge in [0.05, 0.1) is 12.7 Å². The topological polar surface area (TPSA) is 51.2 Å². The third kappa shape index (κ3) is 5.01. The average Bonchev–Trinajstić information content (AvgIpc) is 3.00. The number of nitrogens with zero attached hydrogens (tertiary/aromatic N) is 1. The highest BCUT2D eigenvalue weighted by Gasteiger charge is 2.10. The minimum Gasteiger partial charge on any atom is -0.497 e. The van der Waals surface area contributed by atoms with Crippen LogP contribution in [-0.2, 0) is 0 Å². The van der Waals surface area contributed by atoms with Gasteiger partial charge in [-0.1, -0.05) is 11.8 Å². The predicted octanol–water partition coefficient (Wildman–Crippen LogP) is 3.83. The van der Waals surface area contributed by atoms with Gasteiger partial charge in [-0.2, -0.15) is 0 Å². The van der Waals surface area contributed by atoms with Crippen LogP contribution in [0.1, 0.15) is 16.8 Å². The van der Waals surface area contributed by atoms with Crippen molar-refractivity contribution in [1.82, 2.24) is 10.3 Å². The minimum atomic E-state index is -0.0972. The Kier molecular flexibility index (Phi) is 6.53. The number of halogens is 1. The Bertz CT molecular complexity index is 591. The molecule has 0 spiro atoms. The van der Waals surface area contributed by atoms with Crippen LogP contribution in [0, 0.1) is 0 Å². The standard InChI is InChI=1S/C14H15BrN2O2S2/c1-19-10-3-4-12(15)11(9-10)13(18)16-5-2-7-20-14-17-6-8-21-14/h3-4,6,8-9H,2,5,7H2,1H3,(H,16,18). The molecule has 0 unspecified atom stereocenters. The molecule has 0 aliphatic carbocycles. The lowest BCUT2D eigenvalue weighted by Gasteiger charge is -2.08. The third-order valence-electron chi connectivity index (χ3n) is 2.66. The van der Waals surface area contributed by atoms with Crippen molar-refractivity contribution in [3.63, 3.8) is 0 Å². The van der Waals surface area contributed by atoms with E-state index in [-0.39, 0.29) is 5.91 Å². The van der Waals surface area contributed by atoms with Crippen molar-refractivity contribution in [2.24, 2.45) is 0 Å². The molecule has 0 aliphatic rings. The van der Waals surface area contributed by atoms with Gasteiger partial charge in [-0.25, -0.2) is 4.98 Å². The maximum absolute atomic E-state index is 12.1. The molecule has 0 fully saturated rings. The van der Waals surface area contributed by atoms with Gasteiger partial charge in [0.1, 0.15) is 10.1 Å². The van der Waals surface area contributed by atoms with Gasteiger partial charge >= 0.3 is 0 Å². The highest BCUT2D eigenvalue weighted by atomic mass is 79.9. The number of ether oxygens (including phenoxy) is 1. The number of methoxy groups -OCH3 is 1. The smallest absolute Gasteiger partial charge is 0.252 e. The van der Waals surface area contributed by atoms with Crippen molar-refractivity contribution in [2.75, 3.05) is 19.4 Å². The number of carbonyl (C=O) groups is 1. The number of aromatic nitrogens is 1.